The van der Waals surface area contributed by atoms with E-state index in [-0.39, 0.29) is 36.3 Å². The van der Waals surface area contributed by atoms with Gasteiger partial charge in [0.2, 0.25) is 5.91 Å². The third-order valence-electron chi connectivity index (χ3n) is 3.64. The van der Waals surface area contributed by atoms with Crippen molar-refractivity contribution >= 4 is 34.2 Å². The van der Waals surface area contributed by atoms with Crippen molar-refractivity contribution in [1.82, 2.24) is 5.32 Å². The van der Waals surface area contributed by atoms with Gasteiger partial charge in [-0.05, 0) is 31.4 Å². The van der Waals surface area contributed by atoms with Crippen LogP contribution in [0.4, 0.5) is 0 Å². The summed E-state index contributed by atoms with van der Waals surface area (Å²) in [5.41, 5.74) is 7.05. The van der Waals surface area contributed by atoms with Gasteiger partial charge in [0, 0.05) is 10.5 Å². The Morgan fingerprint density at radius 2 is 2.11 bits per heavy atom. The molecule has 1 aliphatic carbocycles. The Balaban J connectivity index is 0.00000180. The van der Waals surface area contributed by atoms with Gasteiger partial charge in [-0.1, -0.05) is 40.5 Å². The first-order valence-electron chi connectivity index (χ1n) is 6.40. The van der Waals surface area contributed by atoms with E-state index in [0.29, 0.717) is 0 Å². The highest BCUT2D eigenvalue weighted by Crippen LogP contribution is 2.27. The lowest BCUT2D eigenvalue weighted by Gasteiger charge is -2.20. The first-order valence-corrected chi connectivity index (χ1v) is 7.19. The molecule has 1 aliphatic rings. The van der Waals surface area contributed by atoms with Crippen molar-refractivity contribution in [3.05, 3.63) is 34.3 Å². The van der Waals surface area contributed by atoms with Crippen molar-refractivity contribution in [2.75, 3.05) is 0 Å². The lowest BCUT2D eigenvalue weighted by Crippen LogP contribution is -2.39. The van der Waals surface area contributed by atoms with Crippen molar-refractivity contribution in [3.8, 4) is 0 Å². The molecule has 5 heteroatoms. The van der Waals surface area contributed by atoms with E-state index < -0.39 is 0 Å². The molecule has 3 unspecified atom stereocenters. The molecule has 0 heterocycles. The summed E-state index contributed by atoms with van der Waals surface area (Å²) in [4.78, 5) is 12.1. The van der Waals surface area contributed by atoms with E-state index in [1.165, 1.54) is 0 Å². The molecule has 3 nitrogen and oxygen atoms in total. The fourth-order valence-electron chi connectivity index (χ4n) is 2.54. The molecule has 1 aromatic carbocycles. The molecule has 0 radical (unpaired) electrons. The number of amides is 1. The summed E-state index contributed by atoms with van der Waals surface area (Å²) in [5, 5.41) is 3.06. The summed E-state index contributed by atoms with van der Waals surface area (Å²) in [6.45, 7) is 2.00. The standard InChI is InChI=1S/C14H19BrN2O.ClH/c1-9(10-5-2-3-7-12(10)15)17-14(18)11-6-4-8-13(11)16;/h2-3,5,7,9,11,13H,4,6,8,16H2,1H3,(H,17,18);1H. The molecule has 1 fully saturated rings. The zero-order valence-corrected chi connectivity index (χ0v) is 13.3. The van der Waals surface area contributed by atoms with Gasteiger partial charge in [-0.15, -0.1) is 12.4 Å². The molecule has 0 saturated heterocycles. The second-order valence-electron chi connectivity index (χ2n) is 4.95. The van der Waals surface area contributed by atoms with E-state index in [1.807, 2.05) is 31.2 Å². The third-order valence-corrected chi connectivity index (χ3v) is 4.36. The molecule has 1 aromatic rings. The maximum atomic E-state index is 12.1. The smallest absolute Gasteiger partial charge is 0.225 e. The number of carbonyl (C=O) groups excluding carboxylic acids is 1. The maximum Gasteiger partial charge on any atom is 0.225 e. The van der Waals surface area contributed by atoms with Gasteiger partial charge in [-0.25, -0.2) is 0 Å². The van der Waals surface area contributed by atoms with Crippen LogP contribution in [0.5, 0.6) is 0 Å². The van der Waals surface area contributed by atoms with Crippen LogP contribution in [0.2, 0.25) is 0 Å². The lowest BCUT2D eigenvalue weighted by atomic mass is 10.0. The van der Waals surface area contributed by atoms with Gasteiger partial charge in [0.25, 0.3) is 0 Å². The van der Waals surface area contributed by atoms with Crippen LogP contribution in [0.25, 0.3) is 0 Å². The Morgan fingerprint density at radius 1 is 1.42 bits per heavy atom. The summed E-state index contributed by atoms with van der Waals surface area (Å²) < 4.78 is 1.02. The highest BCUT2D eigenvalue weighted by atomic mass is 79.9. The second-order valence-corrected chi connectivity index (χ2v) is 5.81. The predicted octanol–water partition coefficient (Wildman–Crippen LogP) is 3.18. The quantitative estimate of drug-likeness (QED) is 0.882. The van der Waals surface area contributed by atoms with E-state index >= 15 is 0 Å². The highest BCUT2D eigenvalue weighted by molar-refractivity contribution is 9.10. The number of carbonyl (C=O) groups is 1. The third kappa shape index (κ3) is 3.94. The number of nitrogens with two attached hydrogens (primary N) is 1. The Morgan fingerprint density at radius 3 is 2.68 bits per heavy atom. The van der Waals surface area contributed by atoms with E-state index in [4.69, 9.17) is 5.73 Å². The van der Waals surface area contributed by atoms with Crippen molar-refractivity contribution in [2.45, 2.75) is 38.3 Å². The normalized spacial score (nSPS) is 23.5. The van der Waals surface area contributed by atoms with Crippen LogP contribution in [0, 0.1) is 5.92 Å². The predicted molar refractivity (Wildman–Crippen MR) is 83.3 cm³/mol. The number of halogens is 2. The van der Waals surface area contributed by atoms with Crippen LogP contribution in [-0.2, 0) is 4.79 Å². The van der Waals surface area contributed by atoms with E-state index in [1.54, 1.807) is 0 Å². The molecule has 19 heavy (non-hydrogen) atoms. The molecule has 1 amide bonds. The number of benzene rings is 1. The van der Waals surface area contributed by atoms with Gasteiger partial charge in [0.15, 0.2) is 0 Å². The second kappa shape index (κ2) is 7.27. The number of hydrogen-bond donors (Lipinski definition) is 2. The van der Waals surface area contributed by atoms with Crippen molar-refractivity contribution in [2.24, 2.45) is 11.7 Å². The Hall–Kier alpha value is -0.580. The van der Waals surface area contributed by atoms with Gasteiger partial charge >= 0.3 is 0 Å². The van der Waals surface area contributed by atoms with Crippen LogP contribution >= 0.6 is 28.3 Å². The topological polar surface area (TPSA) is 55.1 Å². The molecule has 106 valence electrons. The average molecular weight is 348 g/mol. The molecule has 0 spiro atoms. The summed E-state index contributed by atoms with van der Waals surface area (Å²) in [5.74, 6) is 0.0678. The molecule has 0 aliphatic heterocycles. The van der Waals surface area contributed by atoms with Crippen molar-refractivity contribution in [3.63, 3.8) is 0 Å². The van der Waals surface area contributed by atoms with Crippen LogP contribution in [0.15, 0.2) is 28.7 Å². The monoisotopic (exact) mass is 346 g/mol. The first kappa shape index (κ1) is 16.5. The zero-order chi connectivity index (χ0) is 13.1. The summed E-state index contributed by atoms with van der Waals surface area (Å²) in [7, 11) is 0. The molecule has 1 saturated carbocycles. The van der Waals surface area contributed by atoms with Crippen molar-refractivity contribution in [1.29, 1.82) is 0 Å². The minimum Gasteiger partial charge on any atom is -0.349 e. The molecular weight excluding hydrogens is 328 g/mol. The van der Waals surface area contributed by atoms with Crippen LogP contribution < -0.4 is 11.1 Å². The van der Waals surface area contributed by atoms with E-state index in [9.17, 15) is 4.79 Å². The van der Waals surface area contributed by atoms with Crippen LogP contribution in [-0.4, -0.2) is 11.9 Å². The minimum absolute atomic E-state index is 0. The van der Waals surface area contributed by atoms with Gasteiger partial charge < -0.3 is 11.1 Å². The first-order chi connectivity index (χ1) is 8.59. The molecule has 3 N–H and O–H groups in total. The molecule has 0 bridgehead atoms. The summed E-state index contributed by atoms with van der Waals surface area (Å²) in [6.07, 6.45) is 2.93. The highest BCUT2D eigenvalue weighted by Gasteiger charge is 2.30. The van der Waals surface area contributed by atoms with E-state index in [2.05, 4.69) is 21.2 Å². The lowest BCUT2D eigenvalue weighted by molar-refractivity contribution is -0.125. The van der Waals surface area contributed by atoms with Gasteiger partial charge in [-0.2, -0.15) is 0 Å². The maximum absolute atomic E-state index is 12.1. The number of rotatable bonds is 3. The van der Waals surface area contributed by atoms with Gasteiger partial charge in [0.1, 0.15) is 0 Å². The molecule has 3 atom stereocenters. The minimum atomic E-state index is -0.0186. The number of hydrogen-bond acceptors (Lipinski definition) is 2. The molecule has 2 rings (SSSR count). The van der Waals surface area contributed by atoms with Gasteiger partial charge in [0.05, 0.1) is 12.0 Å². The Bertz CT molecular complexity index is 441. The number of nitrogens with one attached hydrogen (secondary N) is 1. The van der Waals surface area contributed by atoms with Crippen molar-refractivity contribution < 1.29 is 4.79 Å². The van der Waals surface area contributed by atoms with E-state index in [0.717, 1.165) is 29.3 Å². The summed E-state index contributed by atoms with van der Waals surface area (Å²) in [6, 6.07) is 7.97. The average Bonchev–Trinajstić information content (AvgIpc) is 2.76. The fraction of sp³-hybridized carbons (Fsp3) is 0.500. The Kier molecular flexibility index (Phi) is 6.30. The molecule has 0 aromatic heterocycles. The zero-order valence-electron chi connectivity index (χ0n) is 10.9. The Labute approximate surface area is 128 Å². The van der Waals surface area contributed by atoms with Crippen LogP contribution in [0.1, 0.15) is 37.8 Å². The molecular formula is C14H20BrClN2O. The fourth-order valence-corrected chi connectivity index (χ4v) is 3.17. The van der Waals surface area contributed by atoms with Gasteiger partial charge in [-0.3, -0.25) is 4.79 Å². The summed E-state index contributed by atoms with van der Waals surface area (Å²) >= 11 is 3.51. The SMILES string of the molecule is CC(NC(=O)C1CCCC1N)c1ccccc1Br.Cl. The van der Waals surface area contributed by atoms with Crippen LogP contribution in [0.3, 0.4) is 0 Å². The largest absolute Gasteiger partial charge is 0.349 e.